The molecule has 3 rings (SSSR count). The number of aliphatic imine (C=N–C) groups is 1. The molecule has 0 saturated heterocycles. The number of carbonyl (C=O) groups excluding carboxylic acids is 1. The van der Waals surface area contributed by atoms with Gasteiger partial charge in [-0.15, -0.1) is 0 Å². The minimum absolute atomic E-state index is 0.132. The van der Waals surface area contributed by atoms with Gasteiger partial charge in [-0.2, -0.15) is 0 Å². The normalized spacial score (nSPS) is 13.3. The third-order valence-corrected chi connectivity index (χ3v) is 8.27. The van der Waals surface area contributed by atoms with Crippen molar-refractivity contribution in [2.24, 2.45) is 4.99 Å². The first-order valence-corrected chi connectivity index (χ1v) is 12.0. The predicted octanol–water partition coefficient (Wildman–Crippen LogP) is 3.90. The van der Waals surface area contributed by atoms with E-state index in [0.717, 1.165) is 11.3 Å². The van der Waals surface area contributed by atoms with Crippen molar-refractivity contribution in [3.05, 3.63) is 59.2 Å². The molecule has 134 valence electrons. The first-order chi connectivity index (χ1) is 12.4. The van der Waals surface area contributed by atoms with Crippen LogP contribution in [0.4, 0.5) is 5.69 Å². The van der Waals surface area contributed by atoms with Crippen LogP contribution in [0.15, 0.2) is 47.5 Å². The van der Waals surface area contributed by atoms with E-state index in [1.807, 2.05) is 6.92 Å². The molecule has 0 N–H and O–H groups in total. The van der Waals surface area contributed by atoms with Crippen LogP contribution in [0.25, 0.3) is 0 Å². The maximum absolute atomic E-state index is 11.6. The molecule has 0 saturated carbocycles. The first kappa shape index (κ1) is 19.1. The SMILES string of the molecule is CCOC(=O)CCc1cc[c]2c(c1)N=[C](c1cccc(C(C)(C)C)c1)[Sn]2. The van der Waals surface area contributed by atoms with Crippen molar-refractivity contribution in [1.29, 1.82) is 0 Å². The Morgan fingerprint density at radius 1 is 1.15 bits per heavy atom. The van der Waals surface area contributed by atoms with Crippen LogP contribution in [0, 0.1) is 0 Å². The van der Waals surface area contributed by atoms with Crippen LogP contribution < -0.4 is 3.58 Å². The zero-order valence-corrected chi connectivity index (χ0v) is 18.8. The molecule has 2 radical (unpaired) electrons. The van der Waals surface area contributed by atoms with Crippen molar-refractivity contribution in [3.63, 3.8) is 0 Å². The van der Waals surface area contributed by atoms with E-state index in [1.165, 1.54) is 18.4 Å². The minimum atomic E-state index is -0.864. The number of ether oxygens (including phenoxy) is 1. The molecule has 0 amide bonds. The van der Waals surface area contributed by atoms with Gasteiger partial charge in [-0.1, -0.05) is 0 Å². The van der Waals surface area contributed by atoms with Crippen molar-refractivity contribution >= 4 is 40.1 Å². The van der Waals surface area contributed by atoms with E-state index < -0.39 is 21.1 Å². The Kier molecular flexibility index (Phi) is 5.85. The maximum atomic E-state index is 11.6. The van der Waals surface area contributed by atoms with Crippen LogP contribution in [0.5, 0.6) is 0 Å². The van der Waals surface area contributed by atoms with Crippen molar-refractivity contribution in [3.8, 4) is 0 Å². The summed E-state index contributed by atoms with van der Waals surface area (Å²) in [6.07, 6.45) is 1.14. The molecule has 1 aliphatic rings. The Hall–Kier alpha value is -1.62. The molecule has 0 atom stereocenters. The van der Waals surface area contributed by atoms with Crippen LogP contribution >= 0.6 is 0 Å². The second-order valence-corrected chi connectivity index (χ2v) is 11.2. The molecule has 1 heterocycles. The van der Waals surface area contributed by atoms with Crippen LogP contribution in [0.2, 0.25) is 0 Å². The van der Waals surface area contributed by atoms with Gasteiger partial charge >= 0.3 is 166 Å². The number of rotatable bonds is 5. The Morgan fingerprint density at radius 3 is 2.69 bits per heavy atom. The van der Waals surface area contributed by atoms with E-state index in [4.69, 9.17) is 9.73 Å². The van der Waals surface area contributed by atoms with Gasteiger partial charge in [0, 0.05) is 0 Å². The van der Waals surface area contributed by atoms with E-state index in [0.29, 0.717) is 19.4 Å². The number of esters is 1. The molecule has 0 bridgehead atoms. The van der Waals surface area contributed by atoms with Crippen LogP contribution in [0.1, 0.15) is 50.8 Å². The van der Waals surface area contributed by atoms with E-state index >= 15 is 0 Å². The van der Waals surface area contributed by atoms with E-state index in [2.05, 4.69) is 63.2 Å². The summed E-state index contributed by atoms with van der Waals surface area (Å²) in [6, 6.07) is 15.3. The second kappa shape index (κ2) is 7.95. The standard InChI is InChI=1S/C22H25NO2.Sn/c1-5-25-21(24)13-12-17-8-7-11-20(15-17)23-16-18-9-6-10-19(14-18)22(2,3)4;/h6-10,14-15H,5,12-13H2,1-4H3;. The number of hydrogen-bond donors (Lipinski definition) is 0. The number of benzene rings is 2. The predicted molar refractivity (Wildman–Crippen MR) is 108 cm³/mol. The number of carbonyl (C=O) groups is 1. The van der Waals surface area contributed by atoms with Crippen LogP contribution in [-0.2, 0) is 21.4 Å². The third-order valence-electron chi connectivity index (χ3n) is 4.47. The Bertz CT molecular complexity index is 849. The Labute approximate surface area is 166 Å². The average molecular weight is 454 g/mol. The van der Waals surface area contributed by atoms with Gasteiger partial charge in [0.05, 0.1) is 0 Å². The quantitative estimate of drug-likeness (QED) is 0.508. The molecule has 2 aromatic rings. The van der Waals surface area contributed by atoms with Gasteiger partial charge in [0.1, 0.15) is 0 Å². The number of hydrogen-bond acceptors (Lipinski definition) is 3. The molecule has 0 spiro atoms. The summed E-state index contributed by atoms with van der Waals surface area (Å²) in [5.74, 6) is -0.132. The fourth-order valence-corrected chi connectivity index (χ4v) is 6.25. The van der Waals surface area contributed by atoms with E-state index in [-0.39, 0.29) is 11.4 Å². The van der Waals surface area contributed by atoms with Gasteiger partial charge in [0.2, 0.25) is 0 Å². The van der Waals surface area contributed by atoms with Crippen LogP contribution in [0.3, 0.4) is 0 Å². The molecule has 26 heavy (non-hydrogen) atoms. The number of fused-ring (bicyclic) bond motifs is 1. The monoisotopic (exact) mass is 455 g/mol. The summed E-state index contributed by atoms with van der Waals surface area (Å²) in [4.78, 5) is 16.5. The van der Waals surface area contributed by atoms with Gasteiger partial charge in [-0.05, 0) is 0 Å². The van der Waals surface area contributed by atoms with Crippen molar-refractivity contribution in [2.75, 3.05) is 6.61 Å². The fraction of sp³-hybridized carbons (Fsp3) is 0.364. The molecule has 0 unspecified atom stereocenters. The van der Waals surface area contributed by atoms with Crippen LogP contribution in [-0.4, -0.2) is 37.4 Å². The van der Waals surface area contributed by atoms with Gasteiger partial charge in [-0.3, -0.25) is 0 Å². The third kappa shape index (κ3) is 4.56. The molecular formula is C22H25NO2Sn. The van der Waals surface area contributed by atoms with Crippen molar-refractivity contribution in [2.45, 2.75) is 46.0 Å². The molecule has 4 heteroatoms. The summed E-state index contributed by atoms with van der Waals surface area (Å²) in [7, 11) is 0. The zero-order chi connectivity index (χ0) is 18.7. The molecule has 2 aromatic carbocycles. The molecule has 1 aliphatic heterocycles. The van der Waals surface area contributed by atoms with Gasteiger partial charge < -0.3 is 0 Å². The summed E-state index contributed by atoms with van der Waals surface area (Å²) in [6.45, 7) is 9.01. The van der Waals surface area contributed by atoms with Crippen molar-refractivity contribution in [1.82, 2.24) is 0 Å². The summed E-state index contributed by atoms with van der Waals surface area (Å²) in [5.41, 5.74) is 5.03. The molecule has 0 aromatic heterocycles. The summed E-state index contributed by atoms with van der Waals surface area (Å²) in [5, 5.41) is 0. The second-order valence-electron chi connectivity index (χ2n) is 7.57. The molecule has 3 nitrogen and oxygen atoms in total. The summed E-state index contributed by atoms with van der Waals surface area (Å²) < 4.78 is 7.72. The number of nitrogens with zero attached hydrogens (tertiary/aromatic N) is 1. The van der Waals surface area contributed by atoms with E-state index in [9.17, 15) is 4.79 Å². The van der Waals surface area contributed by atoms with E-state index in [1.54, 1.807) is 0 Å². The van der Waals surface area contributed by atoms with Gasteiger partial charge in [-0.25, -0.2) is 0 Å². The molecular weight excluding hydrogens is 429 g/mol. The number of aryl methyl sites for hydroxylation is 1. The summed E-state index contributed by atoms with van der Waals surface area (Å²) >= 11 is -0.864. The average Bonchev–Trinajstić information content (AvgIpc) is 3.03. The van der Waals surface area contributed by atoms with Gasteiger partial charge in [0.25, 0.3) is 0 Å². The first-order valence-electron chi connectivity index (χ1n) is 9.12. The fourth-order valence-electron chi connectivity index (χ4n) is 2.96. The Balaban J connectivity index is 1.77. The zero-order valence-electron chi connectivity index (χ0n) is 15.9. The molecule has 0 aliphatic carbocycles. The molecule has 0 fully saturated rings. The van der Waals surface area contributed by atoms with Gasteiger partial charge in [0.15, 0.2) is 0 Å². The van der Waals surface area contributed by atoms with Crippen molar-refractivity contribution < 1.29 is 9.53 Å². The Morgan fingerprint density at radius 2 is 1.96 bits per heavy atom. The topological polar surface area (TPSA) is 38.7 Å².